The fourth-order valence-corrected chi connectivity index (χ4v) is 2.61. The number of imidazole rings is 1. The summed E-state index contributed by atoms with van der Waals surface area (Å²) in [6.07, 6.45) is 6.59. The van der Waals surface area contributed by atoms with Crippen molar-refractivity contribution < 1.29 is 4.74 Å². The van der Waals surface area contributed by atoms with Gasteiger partial charge in [0.05, 0.1) is 0 Å². The monoisotopic (exact) mass is 237 g/mol. The zero-order chi connectivity index (χ0) is 12.1. The maximum absolute atomic E-state index is 5.98. The summed E-state index contributed by atoms with van der Waals surface area (Å²) in [5, 5.41) is 3.30. The molecule has 0 spiro atoms. The van der Waals surface area contributed by atoms with Gasteiger partial charge in [0.1, 0.15) is 11.4 Å². The van der Waals surface area contributed by atoms with Crippen LogP contribution in [0, 0.1) is 0 Å². The second-order valence-corrected chi connectivity index (χ2v) is 4.67. The lowest BCUT2D eigenvalue weighted by Gasteiger charge is -2.26. The third kappa shape index (κ3) is 2.69. The summed E-state index contributed by atoms with van der Waals surface area (Å²) in [4.78, 5) is 7.94. The van der Waals surface area contributed by atoms with E-state index in [0.29, 0.717) is 0 Å². The normalized spacial score (nSPS) is 18.7. The Balaban J connectivity index is 2.10. The fraction of sp³-hybridized carbons (Fsp3) is 0.769. The van der Waals surface area contributed by atoms with E-state index in [4.69, 9.17) is 4.74 Å². The van der Waals surface area contributed by atoms with Crippen molar-refractivity contribution in [3.05, 3.63) is 17.7 Å². The van der Waals surface area contributed by atoms with Gasteiger partial charge >= 0.3 is 0 Å². The first-order valence-corrected chi connectivity index (χ1v) is 6.70. The number of aromatic nitrogens is 2. The third-order valence-corrected chi connectivity index (χ3v) is 3.46. The zero-order valence-corrected chi connectivity index (χ0v) is 10.9. The molecule has 0 amide bonds. The van der Waals surface area contributed by atoms with Crippen LogP contribution in [-0.2, 0) is 16.9 Å². The van der Waals surface area contributed by atoms with Gasteiger partial charge in [-0.05, 0) is 39.2 Å². The van der Waals surface area contributed by atoms with Gasteiger partial charge in [-0.15, -0.1) is 0 Å². The van der Waals surface area contributed by atoms with Crippen molar-refractivity contribution in [2.75, 3.05) is 13.2 Å². The van der Waals surface area contributed by atoms with Crippen LogP contribution in [0.25, 0.3) is 0 Å². The average molecular weight is 237 g/mol. The van der Waals surface area contributed by atoms with E-state index in [1.54, 1.807) is 0 Å². The predicted octanol–water partition coefficient (Wildman–Crippen LogP) is 2.33. The fourth-order valence-electron chi connectivity index (χ4n) is 2.61. The Hall–Kier alpha value is -0.870. The molecule has 0 saturated heterocycles. The van der Waals surface area contributed by atoms with Crippen molar-refractivity contribution in [1.29, 1.82) is 0 Å². The quantitative estimate of drug-likeness (QED) is 0.798. The molecule has 96 valence electrons. The summed E-state index contributed by atoms with van der Waals surface area (Å²) < 4.78 is 5.98. The van der Waals surface area contributed by atoms with E-state index in [1.807, 2.05) is 6.20 Å². The molecular formula is C13H23N3O. The summed E-state index contributed by atoms with van der Waals surface area (Å²) in [6.45, 7) is 6.75. The van der Waals surface area contributed by atoms with Crippen LogP contribution in [0.5, 0.6) is 0 Å². The Morgan fingerprint density at radius 3 is 2.82 bits per heavy atom. The summed E-state index contributed by atoms with van der Waals surface area (Å²) in [6, 6.07) is 0. The lowest BCUT2D eigenvalue weighted by molar-refractivity contribution is -0.0451. The molecule has 0 radical (unpaired) electrons. The van der Waals surface area contributed by atoms with Gasteiger partial charge < -0.3 is 15.0 Å². The number of H-pyrrole nitrogens is 1. The zero-order valence-electron chi connectivity index (χ0n) is 10.9. The van der Waals surface area contributed by atoms with Crippen molar-refractivity contribution in [2.45, 2.75) is 51.7 Å². The number of hydrogen-bond acceptors (Lipinski definition) is 3. The Bertz CT molecular complexity index is 342. The highest BCUT2D eigenvalue weighted by Crippen LogP contribution is 2.40. The first kappa shape index (κ1) is 12.6. The minimum absolute atomic E-state index is 0.140. The molecule has 0 bridgehead atoms. The molecule has 1 aliphatic carbocycles. The van der Waals surface area contributed by atoms with Gasteiger partial charge in [-0.2, -0.15) is 0 Å². The number of nitrogens with one attached hydrogen (secondary N) is 2. The molecule has 1 saturated carbocycles. The van der Waals surface area contributed by atoms with Crippen molar-refractivity contribution in [1.82, 2.24) is 15.3 Å². The number of aromatic amines is 1. The van der Waals surface area contributed by atoms with Crippen molar-refractivity contribution >= 4 is 0 Å². The van der Waals surface area contributed by atoms with Crippen molar-refractivity contribution in [2.24, 2.45) is 0 Å². The van der Waals surface area contributed by atoms with E-state index >= 15 is 0 Å². The van der Waals surface area contributed by atoms with Gasteiger partial charge in [-0.25, -0.2) is 4.98 Å². The Kier molecular flexibility index (Phi) is 4.18. The molecule has 1 aromatic rings. The smallest absolute Gasteiger partial charge is 0.138 e. The highest BCUT2D eigenvalue weighted by molar-refractivity contribution is 5.10. The van der Waals surface area contributed by atoms with Gasteiger partial charge in [0, 0.05) is 25.0 Å². The maximum Gasteiger partial charge on any atom is 0.138 e. The molecule has 4 nitrogen and oxygen atoms in total. The summed E-state index contributed by atoms with van der Waals surface area (Å²) >= 11 is 0. The molecule has 2 N–H and O–H groups in total. The Morgan fingerprint density at radius 2 is 2.18 bits per heavy atom. The first-order valence-electron chi connectivity index (χ1n) is 6.70. The molecule has 4 heteroatoms. The van der Waals surface area contributed by atoms with Crippen LogP contribution in [0.4, 0.5) is 0 Å². The standard InChI is InChI=1S/C13H23N3O/c1-3-14-9-11-10-15-12(16-11)13(17-4-2)7-5-6-8-13/h10,14H,3-9H2,1-2H3,(H,15,16). The average Bonchev–Trinajstić information content (AvgIpc) is 2.96. The predicted molar refractivity (Wildman–Crippen MR) is 67.7 cm³/mol. The van der Waals surface area contributed by atoms with Crippen LogP contribution in [-0.4, -0.2) is 23.1 Å². The van der Waals surface area contributed by atoms with Gasteiger partial charge in [0.2, 0.25) is 0 Å². The molecule has 1 aromatic heterocycles. The summed E-state index contributed by atoms with van der Waals surface area (Å²) in [7, 11) is 0. The van der Waals surface area contributed by atoms with E-state index in [1.165, 1.54) is 12.8 Å². The van der Waals surface area contributed by atoms with Gasteiger partial charge in [-0.1, -0.05) is 6.92 Å². The van der Waals surface area contributed by atoms with Gasteiger partial charge in [-0.3, -0.25) is 0 Å². The molecule has 2 rings (SSSR count). The lowest BCUT2D eigenvalue weighted by Crippen LogP contribution is -2.27. The third-order valence-electron chi connectivity index (χ3n) is 3.46. The second kappa shape index (κ2) is 5.65. The number of rotatable bonds is 6. The molecule has 17 heavy (non-hydrogen) atoms. The number of hydrogen-bond donors (Lipinski definition) is 2. The van der Waals surface area contributed by atoms with Crippen LogP contribution in [0.1, 0.15) is 51.0 Å². The number of nitrogens with zero attached hydrogens (tertiary/aromatic N) is 1. The maximum atomic E-state index is 5.98. The second-order valence-electron chi connectivity index (χ2n) is 4.67. The molecule has 1 fully saturated rings. The van der Waals surface area contributed by atoms with E-state index < -0.39 is 0 Å². The summed E-state index contributed by atoms with van der Waals surface area (Å²) in [5.74, 6) is 1.02. The highest BCUT2D eigenvalue weighted by atomic mass is 16.5. The molecular weight excluding hydrogens is 214 g/mol. The highest BCUT2D eigenvalue weighted by Gasteiger charge is 2.38. The largest absolute Gasteiger partial charge is 0.367 e. The molecule has 0 unspecified atom stereocenters. The topological polar surface area (TPSA) is 49.9 Å². The van der Waals surface area contributed by atoms with E-state index in [-0.39, 0.29) is 5.60 Å². The molecule has 0 atom stereocenters. The van der Waals surface area contributed by atoms with Crippen molar-refractivity contribution in [3.8, 4) is 0 Å². The van der Waals surface area contributed by atoms with Gasteiger partial charge in [0.15, 0.2) is 0 Å². The van der Waals surface area contributed by atoms with Crippen LogP contribution in [0.2, 0.25) is 0 Å². The molecule has 0 aromatic carbocycles. The van der Waals surface area contributed by atoms with E-state index in [2.05, 4.69) is 29.1 Å². The molecule has 1 aliphatic rings. The lowest BCUT2D eigenvalue weighted by atomic mass is 10.0. The van der Waals surface area contributed by atoms with E-state index in [9.17, 15) is 0 Å². The Labute approximate surface area is 103 Å². The first-order chi connectivity index (χ1) is 8.30. The molecule has 0 aliphatic heterocycles. The van der Waals surface area contributed by atoms with Crippen molar-refractivity contribution in [3.63, 3.8) is 0 Å². The summed E-state index contributed by atoms with van der Waals surface area (Å²) in [5.41, 5.74) is 1.01. The molecule has 1 heterocycles. The van der Waals surface area contributed by atoms with Crippen LogP contribution >= 0.6 is 0 Å². The minimum Gasteiger partial charge on any atom is -0.367 e. The number of ether oxygens (including phenoxy) is 1. The van der Waals surface area contributed by atoms with Gasteiger partial charge in [0.25, 0.3) is 0 Å². The minimum atomic E-state index is -0.140. The van der Waals surface area contributed by atoms with E-state index in [0.717, 1.165) is 44.1 Å². The SMILES string of the molecule is CCNCc1cnc(C2(OCC)CCCC2)[nH]1. The van der Waals surface area contributed by atoms with Crippen LogP contribution in [0.15, 0.2) is 6.20 Å². The van der Waals surface area contributed by atoms with Crippen LogP contribution < -0.4 is 5.32 Å². The van der Waals surface area contributed by atoms with Crippen LogP contribution in [0.3, 0.4) is 0 Å². The Morgan fingerprint density at radius 1 is 1.41 bits per heavy atom.